The van der Waals surface area contributed by atoms with Crippen LogP contribution >= 0.6 is 34.8 Å². The van der Waals surface area contributed by atoms with Crippen molar-refractivity contribution in [2.24, 2.45) is 0 Å². The van der Waals surface area contributed by atoms with E-state index in [2.05, 4.69) is 5.32 Å². The van der Waals surface area contributed by atoms with E-state index in [-0.39, 0.29) is 35.9 Å². The fourth-order valence-corrected chi connectivity index (χ4v) is 6.48. The number of carbonyl (C=O) groups is 2. The van der Waals surface area contributed by atoms with Crippen molar-refractivity contribution < 1.29 is 22.7 Å². The molecule has 0 unspecified atom stereocenters. The lowest BCUT2D eigenvalue weighted by Gasteiger charge is -2.35. The third-order valence-corrected chi connectivity index (χ3v) is 9.12. The zero-order valence-corrected chi connectivity index (χ0v) is 27.8. The molecule has 0 aliphatic carbocycles. The minimum atomic E-state index is -4.32. The molecule has 0 fully saturated rings. The predicted molar refractivity (Wildman–Crippen MR) is 173 cm³/mol. The molecular weight excluding hydrogens is 633 g/mol. The lowest BCUT2D eigenvalue weighted by atomic mass is 10.1. The van der Waals surface area contributed by atoms with Crippen LogP contribution in [0.4, 0.5) is 5.69 Å². The Bertz CT molecular complexity index is 1520. The summed E-state index contributed by atoms with van der Waals surface area (Å²) in [6.45, 7) is 8.54. The molecule has 1 N–H and O–H groups in total. The molecule has 3 rings (SSSR count). The van der Waals surface area contributed by atoms with Gasteiger partial charge in [0.05, 0.1) is 17.2 Å². The maximum atomic E-state index is 14.3. The highest BCUT2D eigenvalue weighted by atomic mass is 35.5. The van der Waals surface area contributed by atoms with Gasteiger partial charge < -0.3 is 15.0 Å². The van der Waals surface area contributed by atoms with Crippen LogP contribution in [0.15, 0.2) is 71.6 Å². The molecule has 232 valence electrons. The fourth-order valence-electron chi connectivity index (χ4n) is 4.41. The number of hydrogen-bond donors (Lipinski definition) is 1. The van der Waals surface area contributed by atoms with Crippen molar-refractivity contribution in [3.63, 3.8) is 0 Å². The first-order valence-corrected chi connectivity index (χ1v) is 16.3. The van der Waals surface area contributed by atoms with Gasteiger partial charge >= 0.3 is 0 Å². The second-order valence-electron chi connectivity index (χ2n) is 10.8. The molecule has 3 aromatic carbocycles. The molecule has 0 aromatic heterocycles. The first kappa shape index (κ1) is 34.5. The summed E-state index contributed by atoms with van der Waals surface area (Å²) in [6.07, 6.45) is 0.245. The second-order valence-corrected chi connectivity index (χ2v) is 13.9. The van der Waals surface area contributed by atoms with Gasteiger partial charge in [-0.1, -0.05) is 59.9 Å². The average Bonchev–Trinajstić information content (AvgIpc) is 2.93. The fraction of sp³-hybridized carbons (Fsp3) is 0.355. The number of nitrogens with one attached hydrogen (secondary N) is 1. The normalized spacial score (nSPS) is 12.4. The van der Waals surface area contributed by atoms with Crippen molar-refractivity contribution in [2.75, 3.05) is 17.5 Å². The van der Waals surface area contributed by atoms with Gasteiger partial charge in [-0.3, -0.25) is 13.9 Å². The molecule has 0 aliphatic heterocycles. The summed E-state index contributed by atoms with van der Waals surface area (Å²) in [5.74, 6) is -0.766. The van der Waals surface area contributed by atoms with E-state index in [1.807, 2.05) is 20.8 Å². The SMILES string of the molecule is CCOc1ccccc1N(CC(=O)N(Cc1c(Cl)cccc1Cl)[C@H](CC)C(=O)NC(C)(C)C)S(=O)(=O)c1ccc(Cl)cc1. The Labute approximate surface area is 268 Å². The van der Waals surface area contributed by atoms with Gasteiger partial charge in [0, 0.05) is 32.7 Å². The molecule has 0 saturated heterocycles. The number of anilines is 1. The summed E-state index contributed by atoms with van der Waals surface area (Å²) < 4.78 is 35.0. The van der Waals surface area contributed by atoms with Crippen LogP contribution in [0.5, 0.6) is 5.75 Å². The quantitative estimate of drug-likeness (QED) is 0.225. The van der Waals surface area contributed by atoms with Gasteiger partial charge in [-0.25, -0.2) is 8.42 Å². The Morgan fingerprint density at radius 1 is 0.907 bits per heavy atom. The molecule has 3 aromatic rings. The standard InChI is InChI=1S/C31H36Cl3N3O5S/c1-6-26(30(39)35-31(3,4)5)36(19-23-24(33)11-10-12-25(23)34)29(38)20-37(27-13-8-9-14-28(27)42-7-2)43(40,41)22-17-15-21(32)16-18-22/h8-18,26H,6-7,19-20H2,1-5H3,(H,35,39)/t26-/m1/s1. The van der Waals surface area contributed by atoms with Gasteiger partial charge in [0.15, 0.2) is 0 Å². The maximum absolute atomic E-state index is 14.3. The maximum Gasteiger partial charge on any atom is 0.264 e. The van der Waals surface area contributed by atoms with Crippen LogP contribution in [-0.4, -0.2) is 49.9 Å². The highest BCUT2D eigenvalue weighted by molar-refractivity contribution is 7.92. The topological polar surface area (TPSA) is 96.0 Å². The summed E-state index contributed by atoms with van der Waals surface area (Å²) >= 11 is 19.0. The Morgan fingerprint density at radius 3 is 2.07 bits per heavy atom. The van der Waals surface area contributed by atoms with Gasteiger partial charge in [0.25, 0.3) is 10.0 Å². The van der Waals surface area contributed by atoms with E-state index in [9.17, 15) is 18.0 Å². The number of benzene rings is 3. The van der Waals surface area contributed by atoms with E-state index in [1.165, 1.54) is 29.2 Å². The van der Waals surface area contributed by atoms with Crippen LogP contribution in [0.2, 0.25) is 15.1 Å². The molecular formula is C31H36Cl3N3O5S. The number of nitrogens with zero attached hydrogens (tertiary/aromatic N) is 2. The van der Waals surface area contributed by atoms with Gasteiger partial charge in [-0.2, -0.15) is 0 Å². The molecule has 0 radical (unpaired) electrons. The summed E-state index contributed by atoms with van der Waals surface area (Å²) in [5.41, 5.74) is 0.0142. The van der Waals surface area contributed by atoms with Crippen molar-refractivity contribution in [3.05, 3.63) is 87.4 Å². The molecule has 8 nitrogen and oxygen atoms in total. The zero-order valence-electron chi connectivity index (χ0n) is 24.7. The molecule has 1 atom stereocenters. The number of amides is 2. The van der Waals surface area contributed by atoms with Crippen LogP contribution in [0.3, 0.4) is 0 Å². The Morgan fingerprint density at radius 2 is 1.51 bits per heavy atom. The Kier molecular flexibility index (Phi) is 11.8. The second kappa shape index (κ2) is 14.7. The first-order valence-electron chi connectivity index (χ1n) is 13.7. The molecule has 0 heterocycles. The highest BCUT2D eigenvalue weighted by Crippen LogP contribution is 2.34. The molecule has 12 heteroatoms. The van der Waals surface area contributed by atoms with Gasteiger partial charge in [-0.05, 0) is 82.6 Å². The largest absolute Gasteiger partial charge is 0.492 e. The van der Waals surface area contributed by atoms with Gasteiger partial charge in [0.2, 0.25) is 11.8 Å². The van der Waals surface area contributed by atoms with E-state index in [4.69, 9.17) is 39.5 Å². The smallest absolute Gasteiger partial charge is 0.264 e. The van der Waals surface area contributed by atoms with E-state index < -0.39 is 40.0 Å². The van der Waals surface area contributed by atoms with Crippen LogP contribution in [0.25, 0.3) is 0 Å². The van der Waals surface area contributed by atoms with E-state index in [0.29, 0.717) is 20.6 Å². The number of sulfonamides is 1. The zero-order chi connectivity index (χ0) is 31.9. The average molecular weight is 669 g/mol. The molecule has 0 aliphatic rings. The molecule has 0 saturated carbocycles. The monoisotopic (exact) mass is 667 g/mol. The van der Waals surface area contributed by atoms with E-state index in [1.54, 1.807) is 56.3 Å². The number of halogens is 3. The molecule has 2 amide bonds. The summed E-state index contributed by atoms with van der Waals surface area (Å²) in [4.78, 5) is 29.1. The lowest BCUT2D eigenvalue weighted by Crippen LogP contribution is -2.55. The van der Waals surface area contributed by atoms with Crippen molar-refractivity contribution in [3.8, 4) is 5.75 Å². The third kappa shape index (κ3) is 8.79. The Hall–Kier alpha value is -2.98. The number of ether oxygens (including phenoxy) is 1. The predicted octanol–water partition coefficient (Wildman–Crippen LogP) is 6.96. The van der Waals surface area contributed by atoms with Crippen LogP contribution in [0.1, 0.15) is 46.6 Å². The van der Waals surface area contributed by atoms with E-state index >= 15 is 0 Å². The third-order valence-electron chi connectivity index (χ3n) is 6.39. The molecule has 43 heavy (non-hydrogen) atoms. The van der Waals surface area contributed by atoms with Crippen molar-refractivity contribution >= 4 is 62.3 Å². The van der Waals surface area contributed by atoms with Crippen molar-refractivity contribution in [1.29, 1.82) is 0 Å². The highest BCUT2D eigenvalue weighted by Gasteiger charge is 2.36. The van der Waals surface area contributed by atoms with Gasteiger partial charge in [0.1, 0.15) is 18.3 Å². The number of rotatable bonds is 12. The summed E-state index contributed by atoms with van der Waals surface area (Å²) in [7, 11) is -4.32. The number of hydrogen-bond acceptors (Lipinski definition) is 5. The number of para-hydroxylation sites is 2. The van der Waals surface area contributed by atoms with Crippen molar-refractivity contribution in [1.82, 2.24) is 10.2 Å². The van der Waals surface area contributed by atoms with Crippen molar-refractivity contribution in [2.45, 2.75) is 64.1 Å². The number of carbonyl (C=O) groups excluding carboxylic acids is 2. The minimum absolute atomic E-state index is 0.0748. The summed E-state index contributed by atoms with van der Waals surface area (Å²) in [5, 5.41) is 3.90. The van der Waals surface area contributed by atoms with E-state index in [0.717, 1.165) is 4.31 Å². The first-order chi connectivity index (χ1) is 20.2. The van der Waals surface area contributed by atoms with Gasteiger partial charge in [-0.15, -0.1) is 0 Å². The van der Waals surface area contributed by atoms with Crippen LogP contribution < -0.4 is 14.4 Å². The van der Waals surface area contributed by atoms with Crippen LogP contribution in [-0.2, 0) is 26.2 Å². The minimum Gasteiger partial charge on any atom is -0.492 e. The Balaban J connectivity index is 2.16. The lowest BCUT2D eigenvalue weighted by molar-refractivity contribution is -0.141. The summed E-state index contributed by atoms with van der Waals surface area (Å²) in [6, 6.07) is 16.2. The van der Waals surface area contributed by atoms with Crippen LogP contribution in [0, 0.1) is 0 Å². The molecule has 0 bridgehead atoms. The molecule has 0 spiro atoms.